The van der Waals surface area contributed by atoms with Gasteiger partial charge in [0.25, 0.3) is 0 Å². The van der Waals surface area contributed by atoms with Gasteiger partial charge in [-0.1, -0.05) is 0 Å². The molecule has 0 aromatic rings. The Balaban J connectivity index is 0. The molecule has 0 amide bonds. The second-order valence-corrected chi connectivity index (χ2v) is 3.26. The maximum Gasteiger partial charge on any atom is 0.0443 e. The smallest absolute Gasteiger partial charge is 0.0443 e. The van der Waals surface area contributed by atoms with Crippen molar-refractivity contribution in [1.82, 2.24) is 4.90 Å². The first-order valence-electron chi connectivity index (χ1n) is 4.41. The van der Waals surface area contributed by atoms with Crippen molar-refractivity contribution in [2.75, 3.05) is 26.2 Å². The average Bonchev–Trinajstić information content (AvgIpc) is 2.04. The van der Waals surface area contributed by atoms with Crippen molar-refractivity contribution in [3.8, 4) is 0 Å². The van der Waals surface area contributed by atoms with Gasteiger partial charge in [0.2, 0.25) is 0 Å². The van der Waals surface area contributed by atoms with E-state index in [1.807, 2.05) is 0 Å². The summed E-state index contributed by atoms with van der Waals surface area (Å²) in [5.41, 5.74) is 5.75. The van der Waals surface area contributed by atoms with Crippen molar-refractivity contribution in [3.05, 3.63) is 0 Å². The minimum atomic E-state index is 0. The standard InChI is InChI=1S/C8H18N2O.2ClH/c9-8-2-5-10(6-3-8)4-1-7-11;;/h8,11H,1-7,9H2;2*1H. The molecule has 0 saturated carbocycles. The topological polar surface area (TPSA) is 49.5 Å². The Labute approximate surface area is 92.5 Å². The summed E-state index contributed by atoms with van der Waals surface area (Å²) in [4.78, 5) is 2.37. The van der Waals surface area contributed by atoms with E-state index in [1.54, 1.807) is 0 Å². The van der Waals surface area contributed by atoms with Crippen LogP contribution >= 0.6 is 24.8 Å². The van der Waals surface area contributed by atoms with E-state index in [1.165, 1.54) is 0 Å². The van der Waals surface area contributed by atoms with Crippen molar-refractivity contribution < 1.29 is 5.11 Å². The molecular formula is C8H20Cl2N2O. The highest BCUT2D eigenvalue weighted by atomic mass is 35.5. The van der Waals surface area contributed by atoms with E-state index < -0.39 is 0 Å². The minimum Gasteiger partial charge on any atom is -0.396 e. The molecule has 5 heteroatoms. The minimum absolute atomic E-state index is 0. The molecule has 1 rings (SSSR count). The number of rotatable bonds is 3. The molecular weight excluding hydrogens is 211 g/mol. The van der Waals surface area contributed by atoms with E-state index in [0.29, 0.717) is 12.6 Å². The fourth-order valence-electron chi connectivity index (χ4n) is 1.47. The summed E-state index contributed by atoms with van der Waals surface area (Å²) in [6.45, 7) is 3.56. The summed E-state index contributed by atoms with van der Waals surface area (Å²) in [5.74, 6) is 0. The lowest BCUT2D eigenvalue weighted by Crippen LogP contribution is -2.40. The SMILES string of the molecule is Cl.Cl.NC1CCN(CCCO)CC1. The molecule has 1 aliphatic rings. The van der Waals surface area contributed by atoms with Crippen molar-refractivity contribution in [1.29, 1.82) is 0 Å². The maximum atomic E-state index is 8.60. The zero-order valence-electron chi connectivity index (χ0n) is 7.82. The maximum absolute atomic E-state index is 8.60. The normalized spacial score (nSPS) is 18.9. The van der Waals surface area contributed by atoms with Gasteiger partial charge in [-0.15, -0.1) is 24.8 Å². The van der Waals surface area contributed by atoms with Crippen molar-refractivity contribution >= 4 is 24.8 Å². The molecule has 0 unspecified atom stereocenters. The van der Waals surface area contributed by atoms with Gasteiger partial charge in [-0.3, -0.25) is 0 Å². The largest absolute Gasteiger partial charge is 0.396 e. The Morgan fingerprint density at radius 3 is 2.23 bits per heavy atom. The molecule has 3 N–H and O–H groups in total. The molecule has 1 saturated heterocycles. The number of halogens is 2. The second kappa shape index (κ2) is 9.03. The van der Waals surface area contributed by atoms with E-state index in [-0.39, 0.29) is 24.8 Å². The molecule has 0 aromatic heterocycles. The van der Waals surface area contributed by atoms with Gasteiger partial charge < -0.3 is 15.7 Å². The zero-order valence-corrected chi connectivity index (χ0v) is 9.45. The average molecular weight is 231 g/mol. The van der Waals surface area contributed by atoms with Gasteiger partial charge >= 0.3 is 0 Å². The molecule has 1 aliphatic heterocycles. The Bertz CT molecular complexity index is 106. The molecule has 0 aliphatic carbocycles. The van der Waals surface area contributed by atoms with E-state index in [0.717, 1.165) is 38.9 Å². The third kappa shape index (κ3) is 6.52. The van der Waals surface area contributed by atoms with Crippen LogP contribution in [0.2, 0.25) is 0 Å². The molecule has 1 heterocycles. The Morgan fingerprint density at radius 1 is 1.23 bits per heavy atom. The Morgan fingerprint density at radius 2 is 1.77 bits per heavy atom. The summed E-state index contributed by atoms with van der Waals surface area (Å²) in [6.07, 6.45) is 3.13. The highest BCUT2D eigenvalue weighted by molar-refractivity contribution is 5.85. The number of aliphatic hydroxyl groups is 1. The summed E-state index contributed by atoms with van der Waals surface area (Å²) < 4.78 is 0. The van der Waals surface area contributed by atoms with Crippen LogP contribution in [0.3, 0.4) is 0 Å². The first-order valence-corrected chi connectivity index (χ1v) is 4.41. The van der Waals surface area contributed by atoms with Gasteiger partial charge in [0.15, 0.2) is 0 Å². The highest BCUT2D eigenvalue weighted by Gasteiger charge is 2.14. The quantitative estimate of drug-likeness (QED) is 0.749. The van der Waals surface area contributed by atoms with Gasteiger partial charge in [-0.05, 0) is 32.4 Å². The third-order valence-corrected chi connectivity index (χ3v) is 2.26. The molecule has 0 spiro atoms. The predicted molar refractivity (Wildman–Crippen MR) is 59.8 cm³/mol. The lowest BCUT2D eigenvalue weighted by Gasteiger charge is -2.29. The fourth-order valence-corrected chi connectivity index (χ4v) is 1.47. The van der Waals surface area contributed by atoms with Crippen LogP contribution in [-0.2, 0) is 0 Å². The first kappa shape index (κ1) is 15.9. The molecule has 0 bridgehead atoms. The van der Waals surface area contributed by atoms with Crippen LogP contribution < -0.4 is 5.73 Å². The van der Waals surface area contributed by atoms with E-state index in [2.05, 4.69) is 4.90 Å². The number of aliphatic hydroxyl groups excluding tert-OH is 1. The number of hydrogen-bond donors (Lipinski definition) is 2. The molecule has 82 valence electrons. The molecule has 13 heavy (non-hydrogen) atoms. The molecule has 1 fully saturated rings. The van der Waals surface area contributed by atoms with Crippen LogP contribution in [0.1, 0.15) is 19.3 Å². The zero-order chi connectivity index (χ0) is 8.10. The molecule has 0 atom stereocenters. The monoisotopic (exact) mass is 230 g/mol. The lowest BCUT2D eigenvalue weighted by atomic mass is 10.1. The van der Waals surface area contributed by atoms with Gasteiger partial charge in [0.1, 0.15) is 0 Å². The van der Waals surface area contributed by atoms with Gasteiger partial charge in [-0.2, -0.15) is 0 Å². The summed E-state index contributed by atoms with van der Waals surface area (Å²) in [5, 5.41) is 8.60. The Kier molecular flexibility index (Phi) is 11.1. The lowest BCUT2D eigenvalue weighted by molar-refractivity contribution is 0.188. The summed E-state index contributed by atoms with van der Waals surface area (Å²) in [7, 11) is 0. The number of hydrogen-bond acceptors (Lipinski definition) is 3. The van der Waals surface area contributed by atoms with Gasteiger partial charge in [0.05, 0.1) is 0 Å². The summed E-state index contributed by atoms with van der Waals surface area (Å²) >= 11 is 0. The number of piperidine rings is 1. The van der Waals surface area contributed by atoms with Crippen molar-refractivity contribution in [3.63, 3.8) is 0 Å². The first-order chi connectivity index (χ1) is 5.33. The molecule has 0 radical (unpaired) electrons. The number of nitrogens with two attached hydrogens (primary N) is 1. The Hall–Kier alpha value is 0.460. The fraction of sp³-hybridized carbons (Fsp3) is 1.00. The second-order valence-electron chi connectivity index (χ2n) is 3.26. The van der Waals surface area contributed by atoms with Crippen LogP contribution in [0, 0.1) is 0 Å². The van der Waals surface area contributed by atoms with Crippen molar-refractivity contribution in [2.24, 2.45) is 5.73 Å². The van der Waals surface area contributed by atoms with Crippen LogP contribution in [0.25, 0.3) is 0 Å². The van der Waals surface area contributed by atoms with Gasteiger partial charge in [0, 0.05) is 19.2 Å². The summed E-state index contributed by atoms with van der Waals surface area (Å²) in [6, 6.07) is 0.417. The number of nitrogens with zero attached hydrogens (tertiary/aromatic N) is 1. The van der Waals surface area contributed by atoms with E-state index in [4.69, 9.17) is 10.8 Å². The van der Waals surface area contributed by atoms with E-state index in [9.17, 15) is 0 Å². The van der Waals surface area contributed by atoms with Crippen LogP contribution in [-0.4, -0.2) is 42.3 Å². The van der Waals surface area contributed by atoms with Crippen LogP contribution in [0.15, 0.2) is 0 Å². The van der Waals surface area contributed by atoms with Crippen LogP contribution in [0.4, 0.5) is 0 Å². The van der Waals surface area contributed by atoms with Gasteiger partial charge in [-0.25, -0.2) is 0 Å². The predicted octanol–water partition coefficient (Wildman–Crippen LogP) is 0.635. The highest BCUT2D eigenvalue weighted by Crippen LogP contribution is 2.07. The van der Waals surface area contributed by atoms with Crippen LogP contribution in [0.5, 0.6) is 0 Å². The molecule has 3 nitrogen and oxygen atoms in total. The third-order valence-electron chi connectivity index (χ3n) is 2.26. The van der Waals surface area contributed by atoms with Crippen molar-refractivity contribution in [2.45, 2.75) is 25.3 Å². The number of likely N-dealkylation sites (tertiary alicyclic amines) is 1. The molecule has 0 aromatic carbocycles. The van der Waals surface area contributed by atoms with E-state index >= 15 is 0 Å².